The number of nitrogens with one attached hydrogen (secondary N) is 1. The predicted molar refractivity (Wildman–Crippen MR) is 78.2 cm³/mol. The third kappa shape index (κ3) is 3.89. The lowest BCUT2D eigenvalue weighted by molar-refractivity contribution is -0.121. The molecule has 0 saturated heterocycles. The lowest BCUT2D eigenvalue weighted by atomic mass is 10.1. The highest BCUT2D eigenvalue weighted by Crippen LogP contribution is 2.14. The first-order valence-corrected chi connectivity index (χ1v) is 6.74. The first-order valence-electron chi connectivity index (χ1n) is 6.22. The van der Waals surface area contributed by atoms with E-state index < -0.39 is 0 Å². The molecule has 2 aromatic rings. The minimum atomic E-state index is -0.361. The average Bonchev–Trinajstić information content (AvgIpc) is 2.93. The molecule has 0 aliphatic carbocycles. The molecule has 0 aliphatic heterocycles. The molecule has 1 N–H and O–H groups in total. The smallest absolute Gasteiger partial charge is 0.233 e. The zero-order chi connectivity index (χ0) is 13.7. The van der Waals surface area contributed by atoms with Gasteiger partial charge in [0.25, 0.3) is 0 Å². The Morgan fingerprint density at radius 2 is 2.00 bits per heavy atom. The molecule has 2 unspecified atom stereocenters. The third-order valence-electron chi connectivity index (χ3n) is 2.90. The predicted octanol–water partition coefficient (Wildman–Crippen LogP) is 3.00. The lowest BCUT2D eigenvalue weighted by Crippen LogP contribution is -2.34. The fourth-order valence-electron chi connectivity index (χ4n) is 1.85. The van der Waals surface area contributed by atoms with Gasteiger partial charge in [-0.25, -0.2) is 0 Å². The van der Waals surface area contributed by atoms with Gasteiger partial charge in [0, 0.05) is 0 Å². The van der Waals surface area contributed by atoms with Gasteiger partial charge in [-0.3, -0.25) is 4.79 Å². The molecule has 19 heavy (non-hydrogen) atoms. The number of hydrogen-bond acceptors (Lipinski definition) is 3. The van der Waals surface area contributed by atoms with Crippen molar-refractivity contribution in [2.75, 3.05) is 0 Å². The van der Waals surface area contributed by atoms with Crippen LogP contribution < -0.4 is 5.32 Å². The van der Waals surface area contributed by atoms with Crippen LogP contribution in [-0.4, -0.2) is 11.2 Å². The highest BCUT2D eigenvalue weighted by molar-refractivity contribution is 7.81. The Kier molecular flexibility index (Phi) is 4.68. The van der Waals surface area contributed by atoms with Crippen molar-refractivity contribution in [3.8, 4) is 0 Å². The average molecular weight is 275 g/mol. The molecule has 0 fully saturated rings. The summed E-state index contributed by atoms with van der Waals surface area (Å²) in [6.07, 6.45) is 2.21. The summed E-state index contributed by atoms with van der Waals surface area (Å²) in [5.74, 6) is 0.657. The van der Waals surface area contributed by atoms with Crippen LogP contribution in [0.5, 0.6) is 0 Å². The summed E-state index contributed by atoms with van der Waals surface area (Å²) in [6.45, 7) is 1.89. The number of amides is 1. The van der Waals surface area contributed by atoms with Crippen molar-refractivity contribution in [2.45, 2.75) is 24.6 Å². The van der Waals surface area contributed by atoms with E-state index in [0.29, 0.717) is 6.42 Å². The number of furan rings is 1. The Morgan fingerprint density at radius 1 is 1.26 bits per heavy atom. The van der Waals surface area contributed by atoms with E-state index in [9.17, 15) is 4.79 Å². The van der Waals surface area contributed by atoms with Gasteiger partial charge in [-0.2, -0.15) is 12.6 Å². The van der Waals surface area contributed by atoms with Gasteiger partial charge in [-0.1, -0.05) is 30.3 Å². The minimum absolute atomic E-state index is 0.0870. The third-order valence-corrected chi connectivity index (χ3v) is 3.32. The second-order valence-corrected chi connectivity index (χ2v) is 5.07. The summed E-state index contributed by atoms with van der Waals surface area (Å²) in [7, 11) is 0. The fourth-order valence-corrected chi connectivity index (χ4v) is 2.13. The molecule has 0 aliphatic rings. The minimum Gasteiger partial charge on any atom is -0.467 e. The van der Waals surface area contributed by atoms with Crippen LogP contribution in [0.25, 0.3) is 0 Å². The van der Waals surface area contributed by atoms with Crippen molar-refractivity contribution in [1.29, 1.82) is 0 Å². The Balaban J connectivity index is 1.89. The zero-order valence-corrected chi connectivity index (χ0v) is 11.6. The first-order chi connectivity index (χ1) is 9.16. The van der Waals surface area contributed by atoms with Crippen LogP contribution in [0.4, 0.5) is 0 Å². The maximum Gasteiger partial charge on any atom is 0.233 e. The van der Waals surface area contributed by atoms with Gasteiger partial charge in [0.05, 0.1) is 17.6 Å². The van der Waals surface area contributed by atoms with Crippen LogP contribution in [0.2, 0.25) is 0 Å². The number of carbonyl (C=O) groups is 1. The molecule has 4 heteroatoms. The quantitative estimate of drug-likeness (QED) is 0.824. The topological polar surface area (TPSA) is 42.2 Å². The van der Waals surface area contributed by atoms with Gasteiger partial charge in [0.15, 0.2) is 0 Å². The molecule has 0 bridgehead atoms. The molecule has 0 radical (unpaired) electrons. The van der Waals surface area contributed by atoms with Gasteiger partial charge < -0.3 is 9.73 Å². The molecule has 1 amide bonds. The molecule has 100 valence electrons. The summed E-state index contributed by atoms with van der Waals surface area (Å²) >= 11 is 4.37. The summed E-state index contributed by atoms with van der Waals surface area (Å²) < 4.78 is 5.25. The molecular weight excluding hydrogens is 258 g/mol. The monoisotopic (exact) mass is 275 g/mol. The SMILES string of the molecule is CC(NC(=O)C(S)Cc1ccccc1)c1ccco1. The van der Waals surface area contributed by atoms with Crippen LogP contribution in [0.3, 0.4) is 0 Å². The highest BCUT2D eigenvalue weighted by atomic mass is 32.1. The Morgan fingerprint density at radius 3 is 2.63 bits per heavy atom. The number of thiol groups is 1. The number of hydrogen-bond donors (Lipinski definition) is 2. The Hall–Kier alpha value is -1.68. The van der Waals surface area contributed by atoms with E-state index in [2.05, 4.69) is 17.9 Å². The van der Waals surface area contributed by atoms with E-state index in [4.69, 9.17) is 4.42 Å². The van der Waals surface area contributed by atoms with E-state index in [-0.39, 0.29) is 17.2 Å². The highest BCUT2D eigenvalue weighted by Gasteiger charge is 2.18. The van der Waals surface area contributed by atoms with Crippen LogP contribution in [0.15, 0.2) is 53.1 Å². The first kappa shape index (κ1) is 13.7. The van der Waals surface area contributed by atoms with Crippen LogP contribution in [0, 0.1) is 0 Å². The van der Waals surface area contributed by atoms with Crippen molar-refractivity contribution in [3.05, 3.63) is 60.1 Å². The molecule has 0 spiro atoms. The molecule has 3 nitrogen and oxygen atoms in total. The maximum absolute atomic E-state index is 12.0. The van der Waals surface area contributed by atoms with Crippen molar-refractivity contribution in [2.24, 2.45) is 0 Å². The van der Waals surface area contributed by atoms with Gasteiger partial charge in [-0.05, 0) is 31.0 Å². The van der Waals surface area contributed by atoms with E-state index in [1.807, 2.05) is 43.3 Å². The van der Waals surface area contributed by atoms with E-state index in [1.54, 1.807) is 12.3 Å². The normalized spacial score (nSPS) is 13.8. The van der Waals surface area contributed by atoms with E-state index >= 15 is 0 Å². The van der Waals surface area contributed by atoms with Crippen molar-refractivity contribution in [1.82, 2.24) is 5.32 Å². The van der Waals surface area contributed by atoms with E-state index in [0.717, 1.165) is 11.3 Å². The lowest BCUT2D eigenvalue weighted by Gasteiger charge is -2.15. The Bertz CT molecular complexity index is 510. The van der Waals surface area contributed by atoms with Gasteiger partial charge >= 0.3 is 0 Å². The molecule has 2 rings (SSSR count). The van der Waals surface area contributed by atoms with Crippen molar-refractivity contribution >= 4 is 18.5 Å². The summed E-state index contributed by atoms with van der Waals surface area (Å²) in [5.41, 5.74) is 1.10. The zero-order valence-electron chi connectivity index (χ0n) is 10.7. The number of carbonyl (C=O) groups excluding carboxylic acids is 1. The standard InChI is InChI=1S/C15H17NO2S/c1-11(13-8-5-9-18-13)16-15(17)14(19)10-12-6-3-2-4-7-12/h2-9,11,14,19H,10H2,1H3,(H,16,17). The largest absolute Gasteiger partial charge is 0.467 e. The molecular formula is C15H17NO2S. The second-order valence-electron chi connectivity index (χ2n) is 4.45. The summed E-state index contributed by atoms with van der Waals surface area (Å²) in [6, 6.07) is 13.4. The molecule has 1 aromatic heterocycles. The number of rotatable bonds is 5. The molecule has 2 atom stereocenters. The summed E-state index contributed by atoms with van der Waals surface area (Å²) in [4.78, 5) is 12.0. The Labute approximate surface area is 118 Å². The van der Waals surface area contributed by atoms with Gasteiger partial charge in [0.1, 0.15) is 5.76 Å². The molecule has 1 heterocycles. The summed E-state index contributed by atoms with van der Waals surface area (Å²) in [5, 5.41) is 2.53. The van der Waals surface area contributed by atoms with Crippen LogP contribution in [0.1, 0.15) is 24.3 Å². The number of benzene rings is 1. The molecule has 1 aromatic carbocycles. The van der Waals surface area contributed by atoms with E-state index in [1.165, 1.54) is 0 Å². The second kappa shape index (κ2) is 6.48. The van der Waals surface area contributed by atoms with Crippen molar-refractivity contribution < 1.29 is 9.21 Å². The molecule has 0 saturated carbocycles. The van der Waals surface area contributed by atoms with Crippen LogP contribution >= 0.6 is 12.6 Å². The van der Waals surface area contributed by atoms with Gasteiger partial charge in [0.2, 0.25) is 5.91 Å². The fraction of sp³-hybridized carbons (Fsp3) is 0.267. The van der Waals surface area contributed by atoms with Gasteiger partial charge in [-0.15, -0.1) is 0 Å². The van der Waals surface area contributed by atoms with Crippen LogP contribution in [-0.2, 0) is 11.2 Å². The van der Waals surface area contributed by atoms with Crippen molar-refractivity contribution in [3.63, 3.8) is 0 Å². The maximum atomic E-state index is 12.0.